The summed E-state index contributed by atoms with van der Waals surface area (Å²) >= 11 is 1.62. The molecule has 0 radical (unpaired) electrons. The molecule has 0 aromatic carbocycles. The zero-order valence-electron chi connectivity index (χ0n) is 7.42. The van der Waals surface area contributed by atoms with Gasteiger partial charge in [0.15, 0.2) is 0 Å². The lowest BCUT2D eigenvalue weighted by Gasteiger charge is -2.06. The molecule has 2 rings (SSSR count). The Morgan fingerprint density at radius 3 is 3.15 bits per heavy atom. The van der Waals surface area contributed by atoms with Crippen LogP contribution in [0.25, 0.3) is 0 Å². The zero-order valence-corrected chi connectivity index (χ0v) is 8.23. The molecular weight excluding hydrogens is 180 g/mol. The summed E-state index contributed by atoms with van der Waals surface area (Å²) in [7, 11) is 0. The average molecular weight is 192 g/mol. The van der Waals surface area contributed by atoms with Crippen LogP contribution in [0.3, 0.4) is 0 Å². The van der Waals surface area contributed by atoms with Gasteiger partial charge in [0.1, 0.15) is 10.9 Å². The molecule has 2 nitrogen and oxygen atoms in total. The standard InChI is InChI=1S/C10H12N2S/c11-7-10-4-3-9(13-10)6-8-2-1-5-12-8/h3-4,8,12H,1-2,5-6H2. The van der Waals surface area contributed by atoms with E-state index >= 15 is 0 Å². The van der Waals surface area contributed by atoms with Crippen LogP contribution >= 0.6 is 11.3 Å². The summed E-state index contributed by atoms with van der Waals surface area (Å²) in [6, 6.07) is 6.80. The molecule has 1 aliphatic rings. The van der Waals surface area contributed by atoms with Crippen LogP contribution in [0.1, 0.15) is 22.6 Å². The largest absolute Gasteiger partial charge is 0.314 e. The fourth-order valence-electron chi connectivity index (χ4n) is 1.72. The number of nitriles is 1. The summed E-state index contributed by atoms with van der Waals surface area (Å²) in [5.74, 6) is 0. The van der Waals surface area contributed by atoms with Crippen molar-refractivity contribution in [3.63, 3.8) is 0 Å². The quantitative estimate of drug-likeness (QED) is 0.777. The Labute approximate surface area is 82.2 Å². The molecule has 1 N–H and O–H groups in total. The van der Waals surface area contributed by atoms with E-state index in [1.165, 1.54) is 17.7 Å². The summed E-state index contributed by atoms with van der Waals surface area (Å²) < 4.78 is 0. The van der Waals surface area contributed by atoms with Crippen molar-refractivity contribution in [1.82, 2.24) is 5.32 Å². The van der Waals surface area contributed by atoms with Crippen molar-refractivity contribution in [2.75, 3.05) is 6.54 Å². The highest BCUT2D eigenvalue weighted by Crippen LogP contribution is 2.19. The summed E-state index contributed by atoms with van der Waals surface area (Å²) in [5.41, 5.74) is 0. The lowest BCUT2D eigenvalue weighted by Crippen LogP contribution is -2.23. The number of nitrogens with zero attached hydrogens (tertiary/aromatic N) is 1. The van der Waals surface area contributed by atoms with Crippen molar-refractivity contribution in [3.8, 4) is 6.07 Å². The van der Waals surface area contributed by atoms with Crippen molar-refractivity contribution < 1.29 is 0 Å². The first-order valence-corrected chi connectivity index (χ1v) is 5.42. The highest BCUT2D eigenvalue weighted by molar-refractivity contribution is 7.12. The van der Waals surface area contributed by atoms with E-state index in [0.29, 0.717) is 6.04 Å². The highest BCUT2D eigenvalue weighted by Gasteiger charge is 2.14. The molecule has 3 heteroatoms. The van der Waals surface area contributed by atoms with Crippen molar-refractivity contribution >= 4 is 11.3 Å². The van der Waals surface area contributed by atoms with Gasteiger partial charge in [-0.05, 0) is 37.9 Å². The fourth-order valence-corrected chi connectivity index (χ4v) is 2.61. The summed E-state index contributed by atoms with van der Waals surface area (Å²) in [4.78, 5) is 2.16. The lowest BCUT2D eigenvalue weighted by atomic mass is 10.1. The first-order valence-electron chi connectivity index (χ1n) is 4.60. The SMILES string of the molecule is N#Cc1ccc(CC2CCCN2)s1. The van der Waals surface area contributed by atoms with E-state index < -0.39 is 0 Å². The van der Waals surface area contributed by atoms with E-state index in [1.54, 1.807) is 11.3 Å². The van der Waals surface area contributed by atoms with E-state index in [1.807, 2.05) is 6.07 Å². The average Bonchev–Trinajstić information content (AvgIpc) is 2.76. The van der Waals surface area contributed by atoms with Crippen LogP contribution in [0, 0.1) is 11.3 Å². The van der Waals surface area contributed by atoms with Gasteiger partial charge in [-0.2, -0.15) is 5.26 Å². The van der Waals surface area contributed by atoms with Crippen molar-refractivity contribution in [2.24, 2.45) is 0 Å². The molecule has 0 saturated carbocycles. The molecule has 2 heterocycles. The van der Waals surface area contributed by atoms with Crippen LogP contribution in [0.2, 0.25) is 0 Å². The van der Waals surface area contributed by atoms with Gasteiger partial charge in [0.2, 0.25) is 0 Å². The van der Waals surface area contributed by atoms with E-state index in [2.05, 4.69) is 17.5 Å². The number of hydrogen-bond donors (Lipinski definition) is 1. The van der Waals surface area contributed by atoms with Crippen LogP contribution in [0.15, 0.2) is 12.1 Å². The van der Waals surface area contributed by atoms with Gasteiger partial charge in [0, 0.05) is 10.9 Å². The maximum absolute atomic E-state index is 8.66. The fraction of sp³-hybridized carbons (Fsp3) is 0.500. The molecule has 1 aromatic rings. The van der Waals surface area contributed by atoms with Crippen molar-refractivity contribution in [1.29, 1.82) is 5.26 Å². The van der Waals surface area contributed by atoms with Gasteiger partial charge in [-0.15, -0.1) is 11.3 Å². The molecule has 0 amide bonds. The maximum Gasteiger partial charge on any atom is 0.110 e. The third kappa shape index (κ3) is 2.09. The second-order valence-electron chi connectivity index (χ2n) is 3.38. The van der Waals surface area contributed by atoms with Crippen molar-refractivity contribution in [3.05, 3.63) is 21.9 Å². The zero-order chi connectivity index (χ0) is 9.10. The molecule has 68 valence electrons. The van der Waals surface area contributed by atoms with E-state index in [0.717, 1.165) is 17.8 Å². The Morgan fingerprint density at radius 2 is 2.54 bits per heavy atom. The molecule has 1 atom stereocenters. The van der Waals surface area contributed by atoms with E-state index in [-0.39, 0.29) is 0 Å². The summed E-state index contributed by atoms with van der Waals surface area (Å²) in [6.45, 7) is 1.15. The van der Waals surface area contributed by atoms with Crippen LogP contribution < -0.4 is 5.32 Å². The van der Waals surface area contributed by atoms with Crippen LogP contribution in [0.5, 0.6) is 0 Å². The van der Waals surface area contributed by atoms with E-state index in [4.69, 9.17) is 5.26 Å². The molecule has 1 unspecified atom stereocenters. The molecule has 1 fully saturated rings. The Bertz CT molecular complexity index is 318. The lowest BCUT2D eigenvalue weighted by molar-refractivity contribution is 0.608. The first-order chi connectivity index (χ1) is 6.38. The molecule has 0 aliphatic carbocycles. The van der Waals surface area contributed by atoms with Gasteiger partial charge in [-0.3, -0.25) is 0 Å². The Balaban J connectivity index is 1.97. The van der Waals surface area contributed by atoms with Crippen LogP contribution in [-0.4, -0.2) is 12.6 Å². The van der Waals surface area contributed by atoms with E-state index in [9.17, 15) is 0 Å². The molecule has 13 heavy (non-hydrogen) atoms. The normalized spacial score (nSPS) is 21.6. The molecule has 0 bridgehead atoms. The highest BCUT2D eigenvalue weighted by atomic mass is 32.1. The number of hydrogen-bond acceptors (Lipinski definition) is 3. The Hall–Kier alpha value is -0.850. The van der Waals surface area contributed by atoms with Crippen LogP contribution in [-0.2, 0) is 6.42 Å². The van der Waals surface area contributed by atoms with Gasteiger partial charge in [-0.25, -0.2) is 0 Å². The summed E-state index contributed by atoms with van der Waals surface area (Å²) in [6.07, 6.45) is 3.66. The number of nitrogens with one attached hydrogen (secondary N) is 1. The Kier molecular flexibility index (Phi) is 2.62. The second kappa shape index (κ2) is 3.91. The smallest absolute Gasteiger partial charge is 0.110 e. The third-order valence-electron chi connectivity index (χ3n) is 2.38. The Morgan fingerprint density at radius 1 is 1.62 bits per heavy atom. The van der Waals surface area contributed by atoms with Gasteiger partial charge in [0.05, 0.1) is 0 Å². The van der Waals surface area contributed by atoms with Crippen LogP contribution in [0.4, 0.5) is 0 Å². The third-order valence-corrected chi connectivity index (χ3v) is 3.39. The predicted octanol–water partition coefficient (Wildman–Crippen LogP) is 1.91. The monoisotopic (exact) mass is 192 g/mol. The molecule has 1 aliphatic heterocycles. The molecule has 1 saturated heterocycles. The minimum absolute atomic E-state index is 0.644. The van der Waals surface area contributed by atoms with Crippen molar-refractivity contribution in [2.45, 2.75) is 25.3 Å². The number of rotatable bonds is 2. The van der Waals surface area contributed by atoms with Gasteiger partial charge in [-0.1, -0.05) is 0 Å². The van der Waals surface area contributed by atoms with Gasteiger partial charge in [0.25, 0.3) is 0 Å². The van der Waals surface area contributed by atoms with Gasteiger partial charge >= 0.3 is 0 Å². The molecule has 1 aromatic heterocycles. The minimum atomic E-state index is 0.644. The topological polar surface area (TPSA) is 35.8 Å². The summed E-state index contributed by atoms with van der Waals surface area (Å²) in [5, 5.41) is 12.1. The molecule has 0 spiro atoms. The molecular formula is C10H12N2S. The number of thiophene rings is 1. The first kappa shape index (κ1) is 8.74. The van der Waals surface area contributed by atoms with Gasteiger partial charge < -0.3 is 5.32 Å². The second-order valence-corrected chi connectivity index (χ2v) is 4.54. The minimum Gasteiger partial charge on any atom is -0.314 e. The predicted molar refractivity (Wildman–Crippen MR) is 53.8 cm³/mol. The maximum atomic E-state index is 8.66.